The van der Waals surface area contributed by atoms with Crippen LogP contribution in [0.15, 0.2) is 0 Å². The first-order chi connectivity index (χ1) is 11.2. The van der Waals surface area contributed by atoms with Crippen molar-refractivity contribution in [2.24, 2.45) is 17.8 Å². The number of nitrogens with one attached hydrogen (secondary N) is 1. The van der Waals surface area contributed by atoms with Gasteiger partial charge in [0.25, 0.3) is 10.2 Å². The molecule has 2 fully saturated rings. The monoisotopic (exact) mass is 359 g/mol. The van der Waals surface area contributed by atoms with Gasteiger partial charge in [0.05, 0.1) is 5.92 Å². The number of rotatable bonds is 5. The SMILES string of the molecule is CCC(C)NC(=O)C1CCCN(S(=O)(=O)N2CC(C)CC(C)C2)C1. The summed E-state index contributed by atoms with van der Waals surface area (Å²) in [7, 11) is -3.46. The Morgan fingerprint density at radius 3 is 2.38 bits per heavy atom. The van der Waals surface area contributed by atoms with Crippen molar-refractivity contribution in [2.45, 2.75) is 59.4 Å². The van der Waals surface area contributed by atoms with Gasteiger partial charge in [0.2, 0.25) is 5.91 Å². The number of carbonyl (C=O) groups is 1. The van der Waals surface area contributed by atoms with Crippen molar-refractivity contribution in [3.05, 3.63) is 0 Å². The smallest absolute Gasteiger partial charge is 0.282 e. The van der Waals surface area contributed by atoms with Gasteiger partial charge in [-0.15, -0.1) is 0 Å². The molecule has 1 N–H and O–H groups in total. The van der Waals surface area contributed by atoms with Crippen LogP contribution in [0.2, 0.25) is 0 Å². The molecule has 2 aliphatic heterocycles. The van der Waals surface area contributed by atoms with Crippen LogP contribution in [0.1, 0.15) is 53.4 Å². The molecule has 2 aliphatic rings. The van der Waals surface area contributed by atoms with Crippen LogP contribution >= 0.6 is 0 Å². The van der Waals surface area contributed by atoms with E-state index in [-0.39, 0.29) is 17.9 Å². The molecule has 140 valence electrons. The zero-order chi connectivity index (χ0) is 17.9. The van der Waals surface area contributed by atoms with E-state index in [4.69, 9.17) is 0 Å². The Bertz CT molecular complexity index is 527. The lowest BCUT2D eigenvalue weighted by Gasteiger charge is -2.39. The molecular weight excluding hydrogens is 326 g/mol. The number of hydrogen-bond acceptors (Lipinski definition) is 3. The first kappa shape index (κ1) is 19.7. The molecule has 4 atom stereocenters. The number of nitrogens with zero attached hydrogens (tertiary/aromatic N) is 2. The van der Waals surface area contributed by atoms with Crippen molar-refractivity contribution in [3.63, 3.8) is 0 Å². The normalized spacial score (nSPS) is 31.6. The molecule has 2 rings (SSSR count). The molecule has 6 nitrogen and oxygen atoms in total. The third-order valence-corrected chi connectivity index (χ3v) is 7.18. The van der Waals surface area contributed by atoms with Gasteiger partial charge in [-0.25, -0.2) is 0 Å². The third-order valence-electron chi connectivity index (χ3n) is 5.24. The van der Waals surface area contributed by atoms with Crippen LogP contribution < -0.4 is 5.32 Å². The van der Waals surface area contributed by atoms with Gasteiger partial charge in [-0.3, -0.25) is 4.79 Å². The van der Waals surface area contributed by atoms with Gasteiger partial charge in [0.15, 0.2) is 0 Å². The Morgan fingerprint density at radius 2 is 1.79 bits per heavy atom. The van der Waals surface area contributed by atoms with E-state index >= 15 is 0 Å². The quantitative estimate of drug-likeness (QED) is 0.814. The molecule has 7 heteroatoms. The van der Waals surface area contributed by atoms with Crippen molar-refractivity contribution < 1.29 is 13.2 Å². The van der Waals surface area contributed by atoms with E-state index in [2.05, 4.69) is 19.2 Å². The summed E-state index contributed by atoms with van der Waals surface area (Å²) < 4.78 is 29.2. The Morgan fingerprint density at radius 1 is 1.17 bits per heavy atom. The summed E-state index contributed by atoms with van der Waals surface area (Å²) in [4.78, 5) is 12.4. The predicted molar refractivity (Wildman–Crippen MR) is 95.6 cm³/mol. The van der Waals surface area contributed by atoms with E-state index in [0.29, 0.717) is 38.0 Å². The standard InChI is InChI=1S/C17H33N3O3S/c1-5-15(4)18-17(21)16-7-6-8-19(12-16)24(22,23)20-10-13(2)9-14(3)11-20/h13-16H,5-12H2,1-4H3,(H,18,21). The lowest BCUT2D eigenvalue weighted by Crippen LogP contribution is -2.53. The maximum Gasteiger partial charge on any atom is 0.282 e. The Balaban J connectivity index is 2.03. The van der Waals surface area contributed by atoms with Crippen molar-refractivity contribution in [1.82, 2.24) is 13.9 Å². The molecule has 2 saturated heterocycles. The highest BCUT2D eigenvalue weighted by atomic mass is 32.2. The second kappa shape index (κ2) is 8.15. The van der Waals surface area contributed by atoms with Crippen LogP contribution in [0, 0.1) is 17.8 Å². The zero-order valence-electron chi connectivity index (χ0n) is 15.5. The van der Waals surface area contributed by atoms with E-state index < -0.39 is 10.2 Å². The van der Waals surface area contributed by atoms with E-state index in [0.717, 1.165) is 25.7 Å². The summed E-state index contributed by atoms with van der Waals surface area (Å²) in [5, 5.41) is 2.99. The molecule has 4 unspecified atom stereocenters. The Kier molecular flexibility index (Phi) is 6.67. The lowest BCUT2D eigenvalue weighted by molar-refractivity contribution is -0.126. The largest absolute Gasteiger partial charge is 0.353 e. The molecule has 2 heterocycles. The van der Waals surface area contributed by atoms with Crippen LogP contribution in [0.3, 0.4) is 0 Å². The van der Waals surface area contributed by atoms with E-state index in [9.17, 15) is 13.2 Å². The number of carbonyl (C=O) groups excluding carboxylic acids is 1. The van der Waals surface area contributed by atoms with Crippen LogP contribution in [-0.2, 0) is 15.0 Å². The maximum absolute atomic E-state index is 13.0. The van der Waals surface area contributed by atoms with Gasteiger partial charge in [0, 0.05) is 32.2 Å². The number of hydrogen-bond donors (Lipinski definition) is 1. The molecular formula is C17H33N3O3S. The number of piperidine rings is 2. The van der Waals surface area contributed by atoms with Crippen molar-refractivity contribution in [2.75, 3.05) is 26.2 Å². The van der Waals surface area contributed by atoms with E-state index in [1.165, 1.54) is 4.31 Å². The summed E-state index contributed by atoms with van der Waals surface area (Å²) in [6.45, 7) is 10.2. The van der Waals surface area contributed by atoms with Crippen LogP contribution in [0.25, 0.3) is 0 Å². The summed E-state index contributed by atoms with van der Waals surface area (Å²) in [5.74, 6) is 0.530. The Hall–Kier alpha value is -0.660. The summed E-state index contributed by atoms with van der Waals surface area (Å²) in [6.07, 6.45) is 3.47. The molecule has 0 spiro atoms. The minimum absolute atomic E-state index is 0.00960. The average molecular weight is 360 g/mol. The minimum atomic E-state index is -3.46. The van der Waals surface area contributed by atoms with Gasteiger partial charge in [-0.2, -0.15) is 17.0 Å². The first-order valence-corrected chi connectivity index (χ1v) is 10.7. The highest BCUT2D eigenvalue weighted by Gasteiger charge is 2.38. The van der Waals surface area contributed by atoms with Gasteiger partial charge >= 0.3 is 0 Å². The first-order valence-electron chi connectivity index (χ1n) is 9.29. The van der Waals surface area contributed by atoms with Crippen molar-refractivity contribution in [3.8, 4) is 0 Å². The van der Waals surface area contributed by atoms with Crippen LogP contribution in [0.4, 0.5) is 0 Å². The molecule has 0 aromatic carbocycles. The molecule has 0 aliphatic carbocycles. The highest BCUT2D eigenvalue weighted by Crippen LogP contribution is 2.27. The van der Waals surface area contributed by atoms with Gasteiger partial charge < -0.3 is 5.32 Å². The molecule has 0 saturated carbocycles. The fourth-order valence-corrected chi connectivity index (χ4v) is 5.73. The summed E-state index contributed by atoms with van der Waals surface area (Å²) >= 11 is 0. The summed E-state index contributed by atoms with van der Waals surface area (Å²) in [5.41, 5.74) is 0. The van der Waals surface area contributed by atoms with Crippen molar-refractivity contribution >= 4 is 16.1 Å². The van der Waals surface area contributed by atoms with Gasteiger partial charge in [0.1, 0.15) is 0 Å². The predicted octanol–water partition coefficient (Wildman–Crippen LogP) is 1.84. The van der Waals surface area contributed by atoms with Crippen LogP contribution in [-0.4, -0.2) is 55.2 Å². The average Bonchev–Trinajstić information content (AvgIpc) is 2.53. The second-order valence-corrected chi connectivity index (χ2v) is 9.71. The fraction of sp³-hybridized carbons (Fsp3) is 0.941. The van der Waals surface area contributed by atoms with E-state index in [1.54, 1.807) is 4.31 Å². The summed E-state index contributed by atoms with van der Waals surface area (Å²) in [6, 6.07) is 0.133. The highest BCUT2D eigenvalue weighted by molar-refractivity contribution is 7.86. The molecule has 0 aromatic heterocycles. The lowest BCUT2D eigenvalue weighted by atomic mass is 9.94. The third kappa shape index (κ3) is 4.70. The van der Waals surface area contributed by atoms with E-state index in [1.807, 2.05) is 13.8 Å². The topological polar surface area (TPSA) is 69.7 Å². The van der Waals surface area contributed by atoms with Crippen LogP contribution in [0.5, 0.6) is 0 Å². The van der Waals surface area contributed by atoms with Gasteiger partial charge in [-0.1, -0.05) is 20.8 Å². The second-order valence-electron chi connectivity index (χ2n) is 7.79. The molecule has 0 bridgehead atoms. The Labute approximate surface area is 147 Å². The molecule has 1 amide bonds. The molecule has 0 radical (unpaired) electrons. The fourth-order valence-electron chi connectivity index (χ4n) is 3.79. The molecule has 24 heavy (non-hydrogen) atoms. The van der Waals surface area contributed by atoms with Crippen molar-refractivity contribution in [1.29, 1.82) is 0 Å². The maximum atomic E-state index is 13.0. The number of amides is 1. The molecule has 0 aromatic rings. The van der Waals surface area contributed by atoms with Gasteiger partial charge in [-0.05, 0) is 44.4 Å². The minimum Gasteiger partial charge on any atom is -0.353 e. The zero-order valence-corrected chi connectivity index (χ0v) is 16.3.